The van der Waals surface area contributed by atoms with Crippen molar-refractivity contribution >= 4 is 0 Å². The molecule has 1 aliphatic rings. The van der Waals surface area contributed by atoms with E-state index in [0.29, 0.717) is 5.92 Å². The number of hydrogen-bond donors (Lipinski definition) is 1. The minimum atomic E-state index is -0.529. The second kappa shape index (κ2) is 4.79. The number of allylic oxidation sites excluding steroid dienone is 3. The summed E-state index contributed by atoms with van der Waals surface area (Å²) in [6.45, 7) is 6.40. The van der Waals surface area contributed by atoms with Crippen molar-refractivity contribution in [1.29, 1.82) is 0 Å². The van der Waals surface area contributed by atoms with E-state index in [2.05, 4.69) is 32.9 Å². The van der Waals surface area contributed by atoms with E-state index in [1.807, 2.05) is 6.08 Å². The van der Waals surface area contributed by atoms with Crippen molar-refractivity contribution < 1.29 is 5.11 Å². The zero-order chi connectivity index (χ0) is 10.6. The van der Waals surface area contributed by atoms with Gasteiger partial charge in [-0.15, -0.1) is 0 Å². The first-order valence-electron chi connectivity index (χ1n) is 5.57. The summed E-state index contributed by atoms with van der Waals surface area (Å²) in [5.41, 5.74) is 0.806. The quantitative estimate of drug-likeness (QED) is 0.682. The second-order valence-electron chi connectivity index (χ2n) is 4.80. The fraction of sp³-hybridized carbons (Fsp3) is 0.692. The van der Waals surface area contributed by atoms with E-state index in [4.69, 9.17) is 0 Å². The average Bonchev–Trinajstić information content (AvgIpc) is 2.10. The minimum Gasteiger partial charge on any atom is -0.386 e. The van der Waals surface area contributed by atoms with Gasteiger partial charge in [0.25, 0.3) is 0 Å². The first-order valence-corrected chi connectivity index (χ1v) is 5.57. The highest BCUT2D eigenvalue weighted by molar-refractivity contribution is 5.08. The number of hydrogen-bond acceptors (Lipinski definition) is 1. The summed E-state index contributed by atoms with van der Waals surface area (Å²) in [7, 11) is 0. The van der Waals surface area contributed by atoms with Gasteiger partial charge in [-0.25, -0.2) is 0 Å². The van der Waals surface area contributed by atoms with Gasteiger partial charge in [-0.2, -0.15) is 0 Å². The Hall–Kier alpha value is -0.560. The Morgan fingerprint density at radius 1 is 1.57 bits per heavy atom. The maximum atomic E-state index is 10.2. The molecule has 0 amide bonds. The van der Waals surface area contributed by atoms with E-state index < -0.39 is 5.60 Å². The highest BCUT2D eigenvalue weighted by Crippen LogP contribution is 2.29. The van der Waals surface area contributed by atoms with Gasteiger partial charge < -0.3 is 5.11 Å². The average molecular weight is 194 g/mol. The lowest BCUT2D eigenvalue weighted by Gasteiger charge is -2.29. The fourth-order valence-corrected chi connectivity index (χ4v) is 1.82. The first-order chi connectivity index (χ1) is 6.52. The summed E-state index contributed by atoms with van der Waals surface area (Å²) < 4.78 is 0. The van der Waals surface area contributed by atoms with Crippen LogP contribution < -0.4 is 0 Å². The third-order valence-corrected chi connectivity index (χ3v) is 2.90. The van der Waals surface area contributed by atoms with Crippen LogP contribution in [0.3, 0.4) is 0 Å². The Labute approximate surface area is 87.5 Å². The van der Waals surface area contributed by atoms with Crippen LogP contribution in [-0.2, 0) is 0 Å². The Morgan fingerprint density at radius 3 is 2.79 bits per heavy atom. The predicted molar refractivity (Wildman–Crippen MR) is 61.2 cm³/mol. The molecule has 2 atom stereocenters. The van der Waals surface area contributed by atoms with Crippen molar-refractivity contribution in [2.75, 3.05) is 0 Å². The summed E-state index contributed by atoms with van der Waals surface area (Å²) in [4.78, 5) is 0. The molecule has 0 saturated heterocycles. The van der Waals surface area contributed by atoms with Gasteiger partial charge in [0, 0.05) is 0 Å². The first kappa shape index (κ1) is 11.5. The van der Waals surface area contributed by atoms with Gasteiger partial charge in [-0.1, -0.05) is 30.7 Å². The van der Waals surface area contributed by atoms with Crippen molar-refractivity contribution in [2.24, 2.45) is 5.92 Å². The van der Waals surface area contributed by atoms with Crippen molar-refractivity contribution in [3.05, 3.63) is 23.8 Å². The van der Waals surface area contributed by atoms with Crippen molar-refractivity contribution in [2.45, 2.75) is 52.1 Å². The van der Waals surface area contributed by atoms with Crippen LogP contribution in [0.25, 0.3) is 0 Å². The van der Waals surface area contributed by atoms with Crippen LogP contribution in [-0.4, -0.2) is 10.7 Å². The molecule has 14 heavy (non-hydrogen) atoms. The fourth-order valence-electron chi connectivity index (χ4n) is 1.82. The molecule has 0 heterocycles. The molecule has 0 fully saturated rings. The highest BCUT2D eigenvalue weighted by Gasteiger charge is 2.26. The van der Waals surface area contributed by atoms with E-state index >= 15 is 0 Å². The van der Waals surface area contributed by atoms with E-state index in [1.165, 1.54) is 5.57 Å². The van der Waals surface area contributed by atoms with E-state index in [1.54, 1.807) is 0 Å². The molecule has 0 aromatic rings. The van der Waals surface area contributed by atoms with Crippen LogP contribution in [0.5, 0.6) is 0 Å². The largest absolute Gasteiger partial charge is 0.386 e. The van der Waals surface area contributed by atoms with Crippen LogP contribution >= 0.6 is 0 Å². The maximum Gasteiger partial charge on any atom is 0.0831 e. The number of rotatable bonds is 3. The molecule has 1 rings (SSSR count). The lowest BCUT2D eigenvalue weighted by molar-refractivity contribution is 0.0618. The lowest BCUT2D eigenvalue weighted by Crippen LogP contribution is -2.29. The maximum absolute atomic E-state index is 10.2. The van der Waals surface area contributed by atoms with Gasteiger partial charge in [0.2, 0.25) is 0 Å². The van der Waals surface area contributed by atoms with E-state index in [0.717, 1.165) is 25.7 Å². The van der Waals surface area contributed by atoms with Gasteiger partial charge in [0.15, 0.2) is 0 Å². The van der Waals surface area contributed by atoms with Crippen molar-refractivity contribution in [3.8, 4) is 0 Å². The SMILES string of the molecule is CC(C)=CCCC1(O)C=CC(C)CC1. The summed E-state index contributed by atoms with van der Waals surface area (Å²) in [5.74, 6) is 0.638. The van der Waals surface area contributed by atoms with Gasteiger partial charge >= 0.3 is 0 Å². The van der Waals surface area contributed by atoms with Crippen LogP contribution in [0.4, 0.5) is 0 Å². The molecule has 1 heteroatoms. The van der Waals surface area contributed by atoms with Gasteiger partial charge in [-0.3, -0.25) is 0 Å². The van der Waals surface area contributed by atoms with Crippen molar-refractivity contribution in [3.63, 3.8) is 0 Å². The Morgan fingerprint density at radius 2 is 2.29 bits per heavy atom. The number of aliphatic hydroxyl groups is 1. The summed E-state index contributed by atoms with van der Waals surface area (Å²) in [6.07, 6.45) is 10.2. The Kier molecular flexibility index (Phi) is 3.94. The summed E-state index contributed by atoms with van der Waals surface area (Å²) in [6, 6.07) is 0. The van der Waals surface area contributed by atoms with Gasteiger partial charge in [0.05, 0.1) is 5.60 Å². The molecule has 0 aliphatic heterocycles. The van der Waals surface area contributed by atoms with E-state index in [-0.39, 0.29) is 0 Å². The molecule has 0 saturated carbocycles. The monoisotopic (exact) mass is 194 g/mol. The van der Waals surface area contributed by atoms with Crippen LogP contribution in [0.15, 0.2) is 23.8 Å². The van der Waals surface area contributed by atoms with Crippen LogP contribution in [0, 0.1) is 5.92 Å². The summed E-state index contributed by atoms with van der Waals surface area (Å²) in [5, 5.41) is 10.2. The van der Waals surface area contributed by atoms with Crippen molar-refractivity contribution in [1.82, 2.24) is 0 Å². The van der Waals surface area contributed by atoms with Gasteiger partial charge in [-0.05, 0) is 45.4 Å². The zero-order valence-corrected chi connectivity index (χ0v) is 9.59. The molecule has 1 N–H and O–H groups in total. The minimum absolute atomic E-state index is 0.529. The molecule has 1 nitrogen and oxygen atoms in total. The van der Waals surface area contributed by atoms with Gasteiger partial charge in [0.1, 0.15) is 0 Å². The van der Waals surface area contributed by atoms with Crippen LogP contribution in [0.2, 0.25) is 0 Å². The molecule has 0 radical (unpaired) electrons. The van der Waals surface area contributed by atoms with E-state index in [9.17, 15) is 5.11 Å². The molecule has 1 aliphatic carbocycles. The smallest absolute Gasteiger partial charge is 0.0831 e. The molecule has 80 valence electrons. The summed E-state index contributed by atoms with van der Waals surface area (Å²) >= 11 is 0. The third kappa shape index (κ3) is 3.67. The molecular formula is C13H22O. The topological polar surface area (TPSA) is 20.2 Å². The normalized spacial score (nSPS) is 31.6. The molecular weight excluding hydrogens is 172 g/mol. The molecule has 0 aromatic heterocycles. The molecule has 0 aromatic carbocycles. The molecule has 0 bridgehead atoms. The predicted octanol–water partition coefficient (Wildman–Crippen LogP) is 3.45. The zero-order valence-electron chi connectivity index (χ0n) is 9.59. The van der Waals surface area contributed by atoms with Crippen LogP contribution in [0.1, 0.15) is 46.5 Å². The highest BCUT2D eigenvalue weighted by atomic mass is 16.3. The lowest BCUT2D eigenvalue weighted by atomic mass is 9.83. The molecule has 2 unspecified atom stereocenters. The third-order valence-electron chi connectivity index (χ3n) is 2.90. The second-order valence-corrected chi connectivity index (χ2v) is 4.80. The molecule has 0 spiro atoms. The standard InChI is InChI=1S/C13H22O/c1-11(2)5-4-8-13(14)9-6-12(3)7-10-13/h5-6,9,12,14H,4,7-8,10H2,1-3H3. The Balaban J connectivity index is 2.43. The Bertz CT molecular complexity index is 236.